The van der Waals surface area contributed by atoms with Crippen molar-refractivity contribution >= 4 is 22.6 Å². The third-order valence-electron chi connectivity index (χ3n) is 4.71. The fraction of sp³-hybridized carbons (Fsp3) is 0.389. The number of ether oxygens (including phenoxy) is 1. The molecule has 0 saturated carbocycles. The van der Waals surface area contributed by atoms with Gasteiger partial charge in [0.15, 0.2) is 0 Å². The summed E-state index contributed by atoms with van der Waals surface area (Å²) in [4.78, 5) is 17.8. The first-order valence-corrected chi connectivity index (χ1v) is 7.89. The number of carboxylic acids is 1. The number of hydrogen-bond acceptors (Lipinski definition) is 5. The molecule has 0 spiro atoms. The molecule has 2 heterocycles. The molecule has 1 saturated heterocycles. The van der Waals surface area contributed by atoms with Gasteiger partial charge in [0.05, 0.1) is 29.8 Å². The highest BCUT2D eigenvalue weighted by Gasteiger charge is 2.32. The quantitative estimate of drug-likeness (QED) is 0.933. The van der Waals surface area contributed by atoms with Gasteiger partial charge in [-0.1, -0.05) is 6.92 Å². The first kappa shape index (κ1) is 16.1. The van der Waals surface area contributed by atoms with Crippen LogP contribution in [0, 0.1) is 23.2 Å². The molecule has 2 aromatic rings. The molecule has 1 aromatic carbocycles. The number of anilines is 1. The summed E-state index contributed by atoms with van der Waals surface area (Å²) in [6, 6.07) is 7.81. The highest BCUT2D eigenvalue weighted by Crippen LogP contribution is 2.35. The Labute approximate surface area is 140 Å². The number of carbonyl (C=O) groups is 1. The van der Waals surface area contributed by atoms with E-state index in [4.69, 9.17) is 4.74 Å². The Morgan fingerprint density at radius 3 is 2.92 bits per heavy atom. The van der Waals surface area contributed by atoms with E-state index < -0.39 is 5.97 Å². The average molecular weight is 325 g/mol. The number of benzene rings is 1. The van der Waals surface area contributed by atoms with Crippen LogP contribution in [0.5, 0.6) is 5.75 Å². The van der Waals surface area contributed by atoms with Gasteiger partial charge in [0.2, 0.25) is 0 Å². The molecule has 1 N–H and O–H groups in total. The molecule has 0 amide bonds. The SMILES string of the molecule is COc1ccc2c(N3CCC(C(=O)O)C(C)C3)c(C#N)cnc2c1. The van der Waals surface area contributed by atoms with E-state index in [1.165, 1.54) is 0 Å². The molecule has 0 radical (unpaired) electrons. The number of pyridine rings is 1. The van der Waals surface area contributed by atoms with Crippen LogP contribution >= 0.6 is 0 Å². The van der Waals surface area contributed by atoms with Gasteiger partial charge in [0.1, 0.15) is 11.8 Å². The minimum atomic E-state index is -0.744. The van der Waals surface area contributed by atoms with Crippen LogP contribution in [-0.4, -0.2) is 36.3 Å². The number of fused-ring (bicyclic) bond motifs is 1. The molecule has 6 nitrogen and oxygen atoms in total. The Bertz CT molecular complexity index is 828. The fourth-order valence-electron chi connectivity index (χ4n) is 3.42. The Kier molecular flexibility index (Phi) is 4.26. The van der Waals surface area contributed by atoms with Crippen molar-refractivity contribution in [3.8, 4) is 11.8 Å². The molecule has 2 atom stereocenters. The first-order valence-electron chi connectivity index (χ1n) is 7.89. The van der Waals surface area contributed by atoms with E-state index in [0.29, 0.717) is 30.8 Å². The molecule has 1 aliphatic rings. The molecule has 1 aliphatic heterocycles. The summed E-state index contributed by atoms with van der Waals surface area (Å²) in [6.45, 7) is 3.17. The summed E-state index contributed by atoms with van der Waals surface area (Å²) in [5, 5.41) is 19.7. The van der Waals surface area contributed by atoms with Gasteiger partial charge in [0.25, 0.3) is 0 Å². The molecule has 3 rings (SSSR count). The summed E-state index contributed by atoms with van der Waals surface area (Å²) in [5.74, 6) is -0.347. The van der Waals surface area contributed by atoms with Crippen LogP contribution in [0.2, 0.25) is 0 Å². The van der Waals surface area contributed by atoms with E-state index >= 15 is 0 Å². The number of aliphatic carboxylic acids is 1. The minimum absolute atomic E-state index is 0.0178. The summed E-state index contributed by atoms with van der Waals surface area (Å²) in [6.07, 6.45) is 2.15. The van der Waals surface area contributed by atoms with Crippen molar-refractivity contribution in [1.82, 2.24) is 4.98 Å². The van der Waals surface area contributed by atoms with E-state index in [1.54, 1.807) is 13.3 Å². The second kappa shape index (κ2) is 6.36. The lowest BCUT2D eigenvalue weighted by atomic mass is 9.86. The fourth-order valence-corrected chi connectivity index (χ4v) is 3.42. The van der Waals surface area contributed by atoms with Crippen molar-refractivity contribution in [2.45, 2.75) is 13.3 Å². The summed E-state index contributed by atoms with van der Waals surface area (Å²) >= 11 is 0. The van der Waals surface area contributed by atoms with Crippen molar-refractivity contribution < 1.29 is 14.6 Å². The van der Waals surface area contributed by atoms with E-state index in [2.05, 4.69) is 16.0 Å². The zero-order valence-corrected chi connectivity index (χ0v) is 13.7. The predicted molar refractivity (Wildman–Crippen MR) is 90.1 cm³/mol. The van der Waals surface area contributed by atoms with Crippen LogP contribution in [0.1, 0.15) is 18.9 Å². The molecule has 1 fully saturated rings. The average Bonchev–Trinajstić information content (AvgIpc) is 2.59. The number of methoxy groups -OCH3 is 1. The summed E-state index contributed by atoms with van der Waals surface area (Å²) in [7, 11) is 1.60. The van der Waals surface area contributed by atoms with Crippen LogP contribution in [-0.2, 0) is 4.79 Å². The molecule has 2 unspecified atom stereocenters. The zero-order chi connectivity index (χ0) is 17.3. The maximum Gasteiger partial charge on any atom is 0.306 e. The second-order valence-electron chi connectivity index (χ2n) is 6.17. The highest BCUT2D eigenvalue weighted by atomic mass is 16.5. The van der Waals surface area contributed by atoms with Crippen LogP contribution in [0.4, 0.5) is 5.69 Å². The van der Waals surface area contributed by atoms with Gasteiger partial charge in [-0.2, -0.15) is 5.26 Å². The third-order valence-corrected chi connectivity index (χ3v) is 4.71. The molecule has 0 bridgehead atoms. The Morgan fingerprint density at radius 1 is 1.50 bits per heavy atom. The van der Waals surface area contributed by atoms with Gasteiger partial charge in [-0.15, -0.1) is 0 Å². The highest BCUT2D eigenvalue weighted by molar-refractivity contribution is 5.95. The normalized spacial score (nSPS) is 20.6. The lowest BCUT2D eigenvalue weighted by Gasteiger charge is -2.37. The molecule has 6 heteroatoms. The largest absolute Gasteiger partial charge is 0.497 e. The molecule has 124 valence electrons. The maximum absolute atomic E-state index is 11.3. The topological polar surface area (TPSA) is 86.5 Å². The number of hydrogen-bond donors (Lipinski definition) is 1. The molecular weight excluding hydrogens is 306 g/mol. The minimum Gasteiger partial charge on any atom is -0.497 e. The van der Waals surface area contributed by atoms with E-state index in [9.17, 15) is 15.2 Å². The van der Waals surface area contributed by atoms with Crippen molar-refractivity contribution in [3.05, 3.63) is 30.0 Å². The molecule has 1 aromatic heterocycles. The van der Waals surface area contributed by atoms with Crippen molar-refractivity contribution in [2.24, 2.45) is 11.8 Å². The Hall–Kier alpha value is -2.81. The van der Waals surface area contributed by atoms with Gasteiger partial charge in [-0.05, 0) is 24.5 Å². The molecular formula is C18H19N3O3. The van der Waals surface area contributed by atoms with E-state index in [0.717, 1.165) is 16.6 Å². The molecule has 0 aliphatic carbocycles. The van der Waals surface area contributed by atoms with Crippen molar-refractivity contribution in [2.75, 3.05) is 25.1 Å². The van der Waals surface area contributed by atoms with Crippen LogP contribution < -0.4 is 9.64 Å². The summed E-state index contributed by atoms with van der Waals surface area (Å²) in [5.41, 5.74) is 2.10. The van der Waals surface area contributed by atoms with Crippen LogP contribution in [0.15, 0.2) is 24.4 Å². The molecule has 24 heavy (non-hydrogen) atoms. The summed E-state index contributed by atoms with van der Waals surface area (Å²) < 4.78 is 5.24. The van der Waals surface area contributed by atoms with Gasteiger partial charge < -0.3 is 14.7 Å². The van der Waals surface area contributed by atoms with Crippen molar-refractivity contribution in [1.29, 1.82) is 5.26 Å². The Balaban J connectivity index is 2.05. The van der Waals surface area contributed by atoms with Gasteiger partial charge >= 0.3 is 5.97 Å². The number of piperidine rings is 1. The Morgan fingerprint density at radius 2 is 2.29 bits per heavy atom. The van der Waals surface area contributed by atoms with Crippen molar-refractivity contribution in [3.63, 3.8) is 0 Å². The number of rotatable bonds is 3. The van der Waals surface area contributed by atoms with Gasteiger partial charge in [-0.3, -0.25) is 9.78 Å². The van der Waals surface area contributed by atoms with Gasteiger partial charge in [0, 0.05) is 30.7 Å². The van der Waals surface area contributed by atoms with Gasteiger partial charge in [-0.25, -0.2) is 0 Å². The number of nitrogens with zero attached hydrogens (tertiary/aromatic N) is 3. The lowest BCUT2D eigenvalue weighted by molar-refractivity contribution is -0.144. The number of aromatic nitrogens is 1. The monoisotopic (exact) mass is 325 g/mol. The second-order valence-corrected chi connectivity index (χ2v) is 6.17. The zero-order valence-electron chi connectivity index (χ0n) is 13.7. The van der Waals surface area contributed by atoms with E-state index in [1.807, 2.05) is 25.1 Å². The van der Waals surface area contributed by atoms with Crippen LogP contribution in [0.3, 0.4) is 0 Å². The number of nitriles is 1. The number of carboxylic acid groups (broad SMARTS) is 1. The first-order chi connectivity index (χ1) is 11.5. The predicted octanol–water partition coefficient (Wildman–Crippen LogP) is 2.66. The maximum atomic E-state index is 11.3. The standard InChI is InChI=1S/C18H19N3O3/c1-11-10-21(6-5-14(11)18(22)23)17-12(8-19)9-20-16-7-13(24-2)3-4-15(16)17/h3-4,7,9,11,14H,5-6,10H2,1-2H3,(H,22,23). The smallest absolute Gasteiger partial charge is 0.306 e. The van der Waals surface area contributed by atoms with E-state index in [-0.39, 0.29) is 11.8 Å². The van der Waals surface area contributed by atoms with Crippen LogP contribution in [0.25, 0.3) is 10.9 Å². The lowest BCUT2D eigenvalue weighted by Crippen LogP contribution is -2.42. The third kappa shape index (κ3) is 2.73.